The van der Waals surface area contributed by atoms with Gasteiger partial charge in [0.1, 0.15) is 5.75 Å². The standard InChI is InChI=1S/C22H24N2O4S/c25-22(17-28-20-11-10-18-6-4-5-7-19(18)16-20)23-12-14-24(15-13-23)29(26,27)21-8-2-1-3-9-21/h2,4-11,16H,1,3,12-15,17H2. The Bertz CT molecular complexity index is 1070. The second-order valence-electron chi connectivity index (χ2n) is 7.17. The Hall–Kier alpha value is -2.64. The number of sulfonamides is 1. The summed E-state index contributed by atoms with van der Waals surface area (Å²) >= 11 is 0. The predicted molar refractivity (Wildman–Crippen MR) is 113 cm³/mol. The third kappa shape index (κ3) is 4.36. The second-order valence-corrected chi connectivity index (χ2v) is 9.11. The summed E-state index contributed by atoms with van der Waals surface area (Å²) in [7, 11) is -3.47. The number of rotatable bonds is 5. The molecule has 0 atom stereocenters. The molecule has 1 fully saturated rings. The van der Waals surface area contributed by atoms with E-state index in [1.807, 2.05) is 48.5 Å². The Labute approximate surface area is 171 Å². The van der Waals surface area contributed by atoms with Crippen LogP contribution in [0.15, 0.2) is 65.6 Å². The summed E-state index contributed by atoms with van der Waals surface area (Å²) in [5, 5.41) is 2.17. The molecule has 1 aliphatic carbocycles. The van der Waals surface area contributed by atoms with Gasteiger partial charge in [0.25, 0.3) is 5.91 Å². The van der Waals surface area contributed by atoms with Crippen LogP contribution in [0.1, 0.15) is 12.8 Å². The molecule has 2 aromatic carbocycles. The lowest BCUT2D eigenvalue weighted by molar-refractivity contribution is -0.134. The Balaban J connectivity index is 1.31. The molecule has 0 saturated carbocycles. The Kier molecular flexibility index (Phi) is 5.69. The van der Waals surface area contributed by atoms with E-state index in [1.54, 1.807) is 17.1 Å². The van der Waals surface area contributed by atoms with E-state index in [0.717, 1.165) is 23.6 Å². The molecule has 0 aromatic heterocycles. The number of hydrogen-bond acceptors (Lipinski definition) is 4. The highest BCUT2D eigenvalue weighted by Gasteiger charge is 2.31. The molecular weight excluding hydrogens is 388 g/mol. The van der Waals surface area contributed by atoms with Crippen LogP contribution >= 0.6 is 0 Å². The zero-order chi connectivity index (χ0) is 20.3. The SMILES string of the molecule is O=C(COc1ccc2ccccc2c1)N1CCN(S(=O)(=O)C2=CCCC=C2)CC1. The number of nitrogens with zero attached hydrogens (tertiary/aromatic N) is 2. The zero-order valence-electron chi connectivity index (χ0n) is 16.2. The summed E-state index contributed by atoms with van der Waals surface area (Å²) in [6.45, 7) is 1.29. The monoisotopic (exact) mass is 412 g/mol. The first-order valence-corrected chi connectivity index (χ1v) is 11.2. The largest absolute Gasteiger partial charge is 0.484 e. The van der Waals surface area contributed by atoms with E-state index in [4.69, 9.17) is 4.74 Å². The van der Waals surface area contributed by atoms with Crippen molar-refractivity contribution in [2.45, 2.75) is 12.8 Å². The normalized spacial score (nSPS) is 17.9. The van der Waals surface area contributed by atoms with Crippen molar-refractivity contribution in [3.63, 3.8) is 0 Å². The summed E-state index contributed by atoms with van der Waals surface area (Å²) in [6.07, 6.45) is 6.95. The molecule has 4 rings (SSSR count). The van der Waals surface area contributed by atoms with Gasteiger partial charge < -0.3 is 9.64 Å². The van der Waals surface area contributed by atoms with E-state index in [9.17, 15) is 13.2 Å². The highest BCUT2D eigenvalue weighted by atomic mass is 32.2. The summed E-state index contributed by atoms with van der Waals surface area (Å²) in [5.41, 5.74) is 0. The number of fused-ring (bicyclic) bond motifs is 1. The summed E-state index contributed by atoms with van der Waals surface area (Å²) < 4.78 is 32.6. The van der Waals surface area contributed by atoms with Crippen LogP contribution in [-0.4, -0.2) is 56.3 Å². The quantitative estimate of drug-likeness (QED) is 0.757. The van der Waals surface area contributed by atoms with E-state index in [-0.39, 0.29) is 12.5 Å². The molecule has 29 heavy (non-hydrogen) atoms. The lowest BCUT2D eigenvalue weighted by atomic mass is 10.1. The van der Waals surface area contributed by atoms with Gasteiger partial charge in [0, 0.05) is 26.2 Å². The first-order valence-electron chi connectivity index (χ1n) is 9.80. The van der Waals surface area contributed by atoms with E-state index >= 15 is 0 Å². The smallest absolute Gasteiger partial charge is 0.260 e. The fourth-order valence-corrected chi connectivity index (χ4v) is 5.14. The predicted octanol–water partition coefficient (Wildman–Crippen LogP) is 2.93. The molecule has 152 valence electrons. The number of allylic oxidation sites excluding steroid dienone is 3. The molecule has 7 heteroatoms. The zero-order valence-corrected chi connectivity index (χ0v) is 17.0. The minimum absolute atomic E-state index is 0.0566. The third-order valence-electron chi connectivity index (χ3n) is 5.27. The molecular formula is C22H24N2O4S. The van der Waals surface area contributed by atoms with Crippen LogP contribution in [0.25, 0.3) is 10.8 Å². The minimum atomic E-state index is -3.47. The number of benzene rings is 2. The Morgan fingerprint density at radius 3 is 2.45 bits per heavy atom. The Morgan fingerprint density at radius 2 is 1.72 bits per heavy atom. The van der Waals surface area contributed by atoms with Gasteiger partial charge in [-0.25, -0.2) is 8.42 Å². The van der Waals surface area contributed by atoms with Crippen molar-refractivity contribution in [2.24, 2.45) is 0 Å². The second kappa shape index (κ2) is 8.39. The summed E-state index contributed by atoms with van der Waals surface area (Å²) in [4.78, 5) is 14.5. The van der Waals surface area contributed by atoms with Crippen molar-refractivity contribution in [3.8, 4) is 5.75 Å². The van der Waals surface area contributed by atoms with E-state index in [1.165, 1.54) is 4.31 Å². The number of hydrogen-bond donors (Lipinski definition) is 0. The van der Waals surface area contributed by atoms with Crippen molar-refractivity contribution >= 4 is 26.7 Å². The van der Waals surface area contributed by atoms with Crippen LogP contribution in [0.2, 0.25) is 0 Å². The molecule has 2 aromatic rings. The van der Waals surface area contributed by atoms with Gasteiger partial charge in [-0.3, -0.25) is 4.79 Å². The molecule has 0 spiro atoms. The first kappa shape index (κ1) is 19.7. The van der Waals surface area contributed by atoms with Crippen LogP contribution in [0.4, 0.5) is 0 Å². The highest BCUT2D eigenvalue weighted by molar-refractivity contribution is 7.93. The number of amides is 1. The molecule has 0 bridgehead atoms. The highest BCUT2D eigenvalue weighted by Crippen LogP contribution is 2.22. The molecule has 2 aliphatic rings. The van der Waals surface area contributed by atoms with E-state index < -0.39 is 10.0 Å². The van der Waals surface area contributed by atoms with Crippen molar-refractivity contribution in [1.29, 1.82) is 0 Å². The van der Waals surface area contributed by atoms with Crippen LogP contribution in [0, 0.1) is 0 Å². The van der Waals surface area contributed by atoms with E-state index in [2.05, 4.69) is 0 Å². The fourth-order valence-electron chi connectivity index (χ4n) is 3.60. The van der Waals surface area contributed by atoms with Gasteiger partial charge in [-0.1, -0.05) is 42.5 Å². The lowest BCUT2D eigenvalue weighted by Crippen LogP contribution is -2.51. The maximum atomic E-state index is 12.7. The van der Waals surface area contributed by atoms with Crippen molar-refractivity contribution in [2.75, 3.05) is 32.8 Å². The van der Waals surface area contributed by atoms with Gasteiger partial charge in [0.05, 0.1) is 4.91 Å². The van der Waals surface area contributed by atoms with Crippen LogP contribution < -0.4 is 4.74 Å². The van der Waals surface area contributed by atoms with Crippen molar-refractivity contribution in [1.82, 2.24) is 9.21 Å². The fraction of sp³-hybridized carbons (Fsp3) is 0.318. The summed E-state index contributed by atoms with van der Waals surface area (Å²) in [5.74, 6) is 0.515. The van der Waals surface area contributed by atoms with Crippen LogP contribution in [0.5, 0.6) is 5.75 Å². The maximum Gasteiger partial charge on any atom is 0.260 e. The average molecular weight is 413 g/mol. The van der Waals surface area contributed by atoms with Gasteiger partial charge >= 0.3 is 0 Å². The lowest BCUT2D eigenvalue weighted by Gasteiger charge is -2.34. The van der Waals surface area contributed by atoms with Gasteiger partial charge in [-0.05, 0) is 41.8 Å². The van der Waals surface area contributed by atoms with Crippen LogP contribution in [-0.2, 0) is 14.8 Å². The molecule has 0 unspecified atom stereocenters. The van der Waals surface area contributed by atoms with Gasteiger partial charge in [0.2, 0.25) is 10.0 Å². The minimum Gasteiger partial charge on any atom is -0.484 e. The molecule has 1 aliphatic heterocycles. The van der Waals surface area contributed by atoms with Gasteiger partial charge in [-0.15, -0.1) is 0 Å². The summed E-state index contributed by atoms with van der Waals surface area (Å²) in [6, 6.07) is 13.7. The Morgan fingerprint density at radius 1 is 0.966 bits per heavy atom. The van der Waals surface area contributed by atoms with E-state index in [0.29, 0.717) is 36.8 Å². The maximum absolute atomic E-state index is 12.7. The first-order chi connectivity index (χ1) is 14.0. The molecule has 0 radical (unpaired) electrons. The van der Waals surface area contributed by atoms with Gasteiger partial charge in [-0.2, -0.15) is 4.31 Å². The molecule has 1 saturated heterocycles. The number of carbonyl (C=O) groups is 1. The average Bonchev–Trinajstić information content (AvgIpc) is 2.78. The third-order valence-corrected chi connectivity index (χ3v) is 7.22. The molecule has 1 heterocycles. The van der Waals surface area contributed by atoms with Crippen LogP contribution in [0.3, 0.4) is 0 Å². The number of piperazine rings is 1. The number of carbonyl (C=O) groups excluding carboxylic acids is 1. The van der Waals surface area contributed by atoms with Gasteiger partial charge in [0.15, 0.2) is 6.61 Å². The molecule has 0 N–H and O–H groups in total. The van der Waals surface area contributed by atoms with Crippen molar-refractivity contribution < 1.29 is 17.9 Å². The number of ether oxygens (including phenoxy) is 1. The molecule has 6 nitrogen and oxygen atoms in total. The van der Waals surface area contributed by atoms with Crippen molar-refractivity contribution in [3.05, 3.63) is 65.6 Å². The topological polar surface area (TPSA) is 66.9 Å². The molecule has 1 amide bonds.